The van der Waals surface area contributed by atoms with Gasteiger partial charge in [-0.1, -0.05) is 143 Å². The number of thioether (sulfide) groups is 1. The molecule has 6 atom stereocenters. The minimum absolute atomic E-state index is 0.0544. The fourth-order valence-corrected chi connectivity index (χ4v) is 7.73. The maximum Gasteiger partial charge on any atom is 0.472 e. The van der Waals surface area contributed by atoms with Crippen molar-refractivity contribution < 1.29 is 62.5 Å². The van der Waals surface area contributed by atoms with Crippen LogP contribution < -0.4 is 11.5 Å². The summed E-state index contributed by atoms with van der Waals surface area (Å²) in [5.74, 6) is -4.07. The molecule has 0 rings (SSSR count). The van der Waals surface area contributed by atoms with Gasteiger partial charge in [-0.05, 0) is 83.5 Å². The van der Waals surface area contributed by atoms with Crippen molar-refractivity contribution in [2.45, 2.75) is 172 Å². The normalized spacial score (nSPS) is 15.7. The van der Waals surface area contributed by atoms with Crippen LogP contribution in [0.1, 0.15) is 142 Å². The van der Waals surface area contributed by atoms with Gasteiger partial charge < -0.3 is 41.2 Å². The molecule has 68 heavy (non-hydrogen) atoms. The van der Waals surface area contributed by atoms with Gasteiger partial charge in [0.1, 0.15) is 18.7 Å². The van der Waals surface area contributed by atoms with Crippen LogP contribution in [0.4, 0.5) is 0 Å². The molecule has 0 aliphatic rings. The largest absolute Gasteiger partial charge is 0.481 e. The molecule has 0 fully saturated rings. The van der Waals surface area contributed by atoms with Crippen LogP contribution >= 0.6 is 19.6 Å². The number of allylic oxidation sites excluding steroid dienone is 15. The number of carbonyl (C=O) groups is 4. The smallest absolute Gasteiger partial charge is 0.472 e. The van der Waals surface area contributed by atoms with E-state index < -0.39 is 81.1 Å². The van der Waals surface area contributed by atoms with Crippen molar-refractivity contribution in [3.05, 3.63) is 97.2 Å². The number of aliphatic hydroxyl groups is 1. The van der Waals surface area contributed by atoms with Crippen molar-refractivity contribution in [2.24, 2.45) is 11.5 Å². The predicted molar refractivity (Wildman–Crippen MR) is 273 cm³/mol. The zero-order valence-corrected chi connectivity index (χ0v) is 42.3. The third kappa shape index (κ3) is 41.1. The summed E-state index contributed by atoms with van der Waals surface area (Å²) in [5.41, 5.74) is 11.5. The number of aliphatic carboxylic acids is 2. The summed E-state index contributed by atoms with van der Waals surface area (Å²) in [5, 5.41) is 28.4. The van der Waals surface area contributed by atoms with Crippen LogP contribution in [-0.4, -0.2) is 99.2 Å². The van der Waals surface area contributed by atoms with Crippen molar-refractivity contribution in [2.75, 3.05) is 25.6 Å². The second kappa shape index (κ2) is 44.4. The number of hydrogen-bond acceptors (Lipinski definition) is 13. The van der Waals surface area contributed by atoms with Crippen LogP contribution in [0.2, 0.25) is 0 Å². The van der Waals surface area contributed by atoms with E-state index in [-0.39, 0.29) is 31.4 Å². The number of esters is 2. The number of phosphoric ester groups is 1. The molecule has 0 bridgehead atoms. The van der Waals surface area contributed by atoms with E-state index in [2.05, 4.69) is 79.1 Å². The standard InChI is InChI=1S/C51H83N2O13PS/c1-3-5-7-9-11-13-15-17-18-19-20-21-22-23-25-27-29-31-33-38-49(57)63-39-43(40-64-67(61,62)65-41-44(52)50(58)59)66-51(60)45(53)42-68-47(46(54)35-34-37-48(55)56)36-32-30-28-26-24-16-14-12-10-8-6-4-2/h11-14,17-18,20-21,23-26,28,30,32,36,43-47,54H,3-10,15-16,19,22,27,29,31,33-35,37-42,52-53H2,1-2H3,(H,55,56)(H,58,59)(H,61,62)/b13-11-,14-12-,18-17-,21-20-,25-23-,26-24-,30-28+,36-32+/t43-,44+,45+,46+,47-/m1/s1. The lowest BCUT2D eigenvalue weighted by Gasteiger charge is -2.23. The fourth-order valence-electron chi connectivity index (χ4n) is 5.82. The van der Waals surface area contributed by atoms with Gasteiger partial charge in [-0.3, -0.25) is 28.2 Å². The SMILES string of the molecule is CCCCC/C=C\C\C=C/C=C/C=C/[C@@H](SC[C@H](N)C(=O)O[C@H](COC(=O)CCCCC/C=C\C/C=C\C/C=C\C/C=C\CCCCC)COP(=O)(O)OC[C@H](N)C(=O)O)[C@@H](O)CCCC(=O)O. The maximum absolute atomic E-state index is 13.2. The zero-order valence-electron chi connectivity index (χ0n) is 40.6. The molecule has 0 aromatic heterocycles. The summed E-state index contributed by atoms with van der Waals surface area (Å²) < 4.78 is 32.9. The second-order valence-electron chi connectivity index (χ2n) is 16.1. The molecule has 17 heteroatoms. The monoisotopic (exact) mass is 995 g/mol. The maximum atomic E-state index is 13.2. The van der Waals surface area contributed by atoms with Gasteiger partial charge >= 0.3 is 31.7 Å². The Labute approximate surface area is 410 Å². The van der Waals surface area contributed by atoms with Crippen molar-refractivity contribution in [3.8, 4) is 0 Å². The van der Waals surface area contributed by atoms with Crippen LogP contribution in [0.3, 0.4) is 0 Å². The van der Waals surface area contributed by atoms with E-state index in [1.807, 2.05) is 18.2 Å². The number of aliphatic hydroxyl groups excluding tert-OH is 1. The van der Waals surface area contributed by atoms with Crippen molar-refractivity contribution in [3.63, 3.8) is 0 Å². The van der Waals surface area contributed by atoms with Gasteiger partial charge in [0.25, 0.3) is 0 Å². The molecular formula is C51H83N2O13PS. The Morgan fingerprint density at radius 1 is 0.618 bits per heavy atom. The lowest BCUT2D eigenvalue weighted by molar-refractivity contribution is -0.161. The number of carbonyl (C=O) groups excluding carboxylic acids is 2. The third-order valence-corrected chi connectivity index (χ3v) is 12.2. The quantitative estimate of drug-likeness (QED) is 0.0109. The van der Waals surface area contributed by atoms with Crippen molar-refractivity contribution in [1.82, 2.24) is 0 Å². The molecule has 15 nitrogen and oxygen atoms in total. The van der Waals surface area contributed by atoms with Gasteiger partial charge in [-0.25, -0.2) is 4.57 Å². The first-order chi connectivity index (χ1) is 32.7. The van der Waals surface area contributed by atoms with E-state index >= 15 is 0 Å². The molecule has 8 N–H and O–H groups in total. The second-order valence-corrected chi connectivity index (χ2v) is 18.8. The van der Waals surface area contributed by atoms with E-state index in [1.54, 1.807) is 18.2 Å². The molecule has 0 heterocycles. The van der Waals surface area contributed by atoms with Gasteiger partial charge in [-0.15, -0.1) is 11.8 Å². The van der Waals surface area contributed by atoms with Gasteiger partial charge in [0, 0.05) is 23.8 Å². The summed E-state index contributed by atoms with van der Waals surface area (Å²) >= 11 is 1.14. The van der Waals surface area contributed by atoms with E-state index in [9.17, 15) is 33.7 Å². The molecule has 0 aliphatic heterocycles. The van der Waals surface area contributed by atoms with E-state index in [1.165, 1.54) is 38.5 Å². The lowest BCUT2D eigenvalue weighted by Crippen LogP contribution is -2.40. The third-order valence-electron chi connectivity index (χ3n) is 9.80. The Kier molecular flexibility index (Phi) is 41.8. The average molecular weight is 995 g/mol. The Hall–Kier alpha value is -3.86. The van der Waals surface area contributed by atoms with Crippen molar-refractivity contribution >= 4 is 43.5 Å². The first-order valence-corrected chi connectivity index (χ1v) is 26.7. The molecule has 0 saturated carbocycles. The lowest BCUT2D eigenvalue weighted by atomic mass is 10.1. The summed E-state index contributed by atoms with van der Waals surface area (Å²) in [4.78, 5) is 58.0. The molecule has 0 aromatic rings. The number of ether oxygens (including phenoxy) is 2. The Balaban J connectivity index is 5.25. The summed E-state index contributed by atoms with van der Waals surface area (Å²) in [7, 11) is -4.89. The molecule has 0 spiro atoms. The molecule has 0 aromatic carbocycles. The topological polar surface area (TPSA) is 255 Å². The summed E-state index contributed by atoms with van der Waals surface area (Å²) in [6.07, 6.45) is 46.7. The molecule has 0 aliphatic carbocycles. The number of nitrogens with two attached hydrogens (primary N) is 2. The fraction of sp³-hybridized carbons (Fsp3) is 0.608. The Bertz CT molecular complexity index is 1640. The minimum Gasteiger partial charge on any atom is -0.481 e. The molecule has 386 valence electrons. The highest BCUT2D eigenvalue weighted by Gasteiger charge is 2.30. The number of carboxylic acids is 2. The molecule has 0 radical (unpaired) electrons. The average Bonchev–Trinajstić information content (AvgIpc) is 3.30. The van der Waals surface area contributed by atoms with E-state index in [0.717, 1.165) is 69.5 Å². The molecular weight excluding hydrogens is 912 g/mol. The molecule has 0 amide bonds. The highest BCUT2D eigenvalue weighted by molar-refractivity contribution is 8.00. The predicted octanol–water partition coefficient (Wildman–Crippen LogP) is 10.2. The van der Waals surface area contributed by atoms with Gasteiger partial charge in [-0.2, -0.15) is 0 Å². The summed E-state index contributed by atoms with van der Waals surface area (Å²) in [6, 6.07) is -2.89. The molecule has 1 unspecified atom stereocenters. The number of unbranched alkanes of at least 4 members (excludes halogenated alkanes) is 9. The van der Waals surface area contributed by atoms with Crippen LogP contribution in [0.15, 0.2) is 97.2 Å². The van der Waals surface area contributed by atoms with Gasteiger partial charge in [0.05, 0.1) is 19.3 Å². The zero-order chi connectivity index (χ0) is 50.5. The van der Waals surface area contributed by atoms with E-state index in [0.29, 0.717) is 6.42 Å². The first kappa shape index (κ1) is 64.1. The number of carboxylic acid groups (broad SMARTS) is 2. The number of rotatable bonds is 44. The highest BCUT2D eigenvalue weighted by atomic mass is 32.2. The van der Waals surface area contributed by atoms with Crippen LogP contribution in [0.25, 0.3) is 0 Å². The first-order valence-electron chi connectivity index (χ1n) is 24.2. The van der Waals surface area contributed by atoms with Crippen LogP contribution in [0, 0.1) is 0 Å². The minimum atomic E-state index is -4.89. The number of hydrogen-bond donors (Lipinski definition) is 6. The van der Waals surface area contributed by atoms with E-state index in [4.69, 9.17) is 35.7 Å². The van der Waals surface area contributed by atoms with Crippen LogP contribution in [0.5, 0.6) is 0 Å². The van der Waals surface area contributed by atoms with Gasteiger partial charge in [0.15, 0.2) is 6.10 Å². The number of phosphoric acid groups is 1. The highest BCUT2D eigenvalue weighted by Crippen LogP contribution is 2.43. The van der Waals surface area contributed by atoms with Crippen LogP contribution in [-0.2, 0) is 42.3 Å². The summed E-state index contributed by atoms with van der Waals surface area (Å²) in [6.45, 7) is 2.19. The Morgan fingerprint density at radius 2 is 1.15 bits per heavy atom. The molecule has 0 saturated heterocycles. The Morgan fingerprint density at radius 3 is 1.71 bits per heavy atom. The van der Waals surface area contributed by atoms with Crippen molar-refractivity contribution in [1.29, 1.82) is 0 Å². The van der Waals surface area contributed by atoms with Gasteiger partial charge in [0.2, 0.25) is 0 Å².